The first kappa shape index (κ1) is 11.7. The average molecular weight is 281 g/mol. The molecule has 5 saturated carbocycles. The molecule has 5 aliphatic carbocycles. The van der Waals surface area contributed by atoms with Crippen molar-refractivity contribution in [3.8, 4) is 0 Å². The molecule has 0 radical (unpaired) electrons. The molecule has 1 aromatic rings. The highest BCUT2D eigenvalue weighted by Gasteiger charge is 2.84. The van der Waals surface area contributed by atoms with Crippen LogP contribution in [0.2, 0.25) is 0 Å². The normalized spacial score (nSPS) is 57.2. The molecule has 110 valence electrons. The van der Waals surface area contributed by atoms with Crippen LogP contribution in [0.5, 0.6) is 0 Å². The van der Waals surface area contributed by atoms with Crippen LogP contribution in [0, 0.1) is 47.3 Å². The minimum atomic E-state index is -0.376. The van der Waals surface area contributed by atoms with E-state index < -0.39 is 0 Å². The third kappa shape index (κ3) is 1.14. The lowest BCUT2D eigenvalue weighted by Gasteiger charge is -2.51. The molecule has 0 saturated heterocycles. The predicted octanol–water partition coefficient (Wildman–Crippen LogP) is 2.29. The Bertz CT molecular complexity index is 595. The molecule has 6 rings (SSSR count). The first-order chi connectivity index (χ1) is 10.3. The summed E-state index contributed by atoms with van der Waals surface area (Å²) in [6, 6.07) is 10.6. The van der Waals surface area contributed by atoms with Crippen LogP contribution >= 0.6 is 0 Å². The first-order valence-electron chi connectivity index (χ1n) is 8.76. The zero-order valence-electron chi connectivity index (χ0n) is 12.3. The van der Waals surface area contributed by atoms with Gasteiger partial charge in [-0.15, -0.1) is 0 Å². The Morgan fingerprint density at radius 1 is 0.952 bits per heavy atom. The van der Waals surface area contributed by atoms with Gasteiger partial charge >= 0.3 is 0 Å². The molecule has 2 nitrogen and oxygen atoms in total. The van der Waals surface area contributed by atoms with Crippen LogP contribution in [0.4, 0.5) is 0 Å². The van der Waals surface area contributed by atoms with Crippen molar-refractivity contribution in [3.05, 3.63) is 35.9 Å². The molecule has 0 aliphatic heterocycles. The minimum Gasteiger partial charge on any atom is -0.388 e. The Hall–Kier alpha value is -0.860. The molecule has 9 atom stereocenters. The van der Waals surface area contributed by atoms with E-state index in [1.54, 1.807) is 0 Å². The van der Waals surface area contributed by atoms with Crippen molar-refractivity contribution in [2.24, 2.45) is 47.3 Å². The molecule has 21 heavy (non-hydrogen) atoms. The third-order valence-electron chi connectivity index (χ3n) is 8.10. The van der Waals surface area contributed by atoms with Gasteiger partial charge in [0.1, 0.15) is 0 Å². The lowest BCUT2D eigenvalue weighted by molar-refractivity contribution is -0.128. The van der Waals surface area contributed by atoms with Crippen LogP contribution < -0.4 is 5.32 Å². The average Bonchev–Trinajstić information content (AvgIpc) is 2.99. The van der Waals surface area contributed by atoms with E-state index in [9.17, 15) is 5.11 Å². The number of hydrogen-bond donors (Lipinski definition) is 2. The first-order valence-corrected chi connectivity index (χ1v) is 8.76. The summed E-state index contributed by atoms with van der Waals surface area (Å²) in [5, 5.41) is 15.1. The smallest absolute Gasteiger partial charge is 0.0838 e. The number of nitrogens with one attached hydrogen (secondary N) is 1. The van der Waals surface area contributed by atoms with Gasteiger partial charge in [0.25, 0.3) is 0 Å². The molecule has 0 aromatic heterocycles. The monoisotopic (exact) mass is 281 g/mol. The fourth-order valence-corrected chi connectivity index (χ4v) is 7.96. The highest BCUT2D eigenvalue weighted by atomic mass is 16.3. The second-order valence-corrected chi connectivity index (χ2v) is 8.41. The van der Waals surface area contributed by atoms with Crippen molar-refractivity contribution in [3.63, 3.8) is 0 Å². The molecule has 2 bridgehead atoms. The second-order valence-electron chi connectivity index (χ2n) is 8.41. The number of hydrogen-bond acceptors (Lipinski definition) is 2. The number of aliphatic hydroxyl groups is 1. The molecule has 0 spiro atoms. The quantitative estimate of drug-likeness (QED) is 0.887. The fraction of sp³-hybridized carbons (Fsp3) is 0.684. The molecule has 2 N–H and O–H groups in total. The van der Waals surface area contributed by atoms with E-state index in [-0.39, 0.29) is 5.60 Å². The highest BCUT2D eigenvalue weighted by Crippen LogP contribution is 2.85. The number of rotatable bonds is 4. The Labute approximate surface area is 125 Å². The zero-order chi connectivity index (χ0) is 13.8. The molecule has 2 heteroatoms. The van der Waals surface area contributed by atoms with Gasteiger partial charge in [-0.1, -0.05) is 30.3 Å². The second kappa shape index (κ2) is 3.55. The topological polar surface area (TPSA) is 32.3 Å². The fourth-order valence-electron chi connectivity index (χ4n) is 7.96. The van der Waals surface area contributed by atoms with Crippen LogP contribution in [0.3, 0.4) is 0 Å². The van der Waals surface area contributed by atoms with Gasteiger partial charge in [-0.25, -0.2) is 0 Å². The van der Waals surface area contributed by atoms with Gasteiger partial charge in [-0.05, 0) is 65.7 Å². The molecular weight excluding hydrogens is 258 g/mol. The summed E-state index contributed by atoms with van der Waals surface area (Å²) in [7, 11) is 0. The van der Waals surface area contributed by atoms with Crippen molar-refractivity contribution in [1.29, 1.82) is 0 Å². The van der Waals surface area contributed by atoms with E-state index in [4.69, 9.17) is 0 Å². The van der Waals surface area contributed by atoms with Crippen LogP contribution in [-0.4, -0.2) is 17.3 Å². The van der Waals surface area contributed by atoms with Gasteiger partial charge in [-0.3, -0.25) is 0 Å². The summed E-state index contributed by atoms with van der Waals surface area (Å²) in [6.07, 6.45) is 2.91. The molecule has 5 aliphatic rings. The Balaban J connectivity index is 1.24. The maximum Gasteiger partial charge on any atom is 0.0838 e. The minimum absolute atomic E-state index is 0.376. The summed E-state index contributed by atoms with van der Waals surface area (Å²) in [5.41, 5.74) is 0.947. The van der Waals surface area contributed by atoms with Gasteiger partial charge in [0, 0.05) is 13.1 Å². The van der Waals surface area contributed by atoms with E-state index in [0.29, 0.717) is 11.8 Å². The van der Waals surface area contributed by atoms with E-state index in [0.717, 1.165) is 48.6 Å². The summed E-state index contributed by atoms with van der Waals surface area (Å²) >= 11 is 0. The van der Waals surface area contributed by atoms with E-state index in [1.165, 1.54) is 18.4 Å². The van der Waals surface area contributed by atoms with Crippen LogP contribution in [0.25, 0.3) is 0 Å². The van der Waals surface area contributed by atoms with Crippen LogP contribution in [0.15, 0.2) is 30.3 Å². The maximum absolute atomic E-state index is 11.5. The summed E-state index contributed by atoms with van der Waals surface area (Å²) in [4.78, 5) is 0. The lowest BCUT2D eigenvalue weighted by Crippen LogP contribution is -2.58. The van der Waals surface area contributed by atoms with Crippen molar-refractivity contribution in [2.45, 2.75) is 25.0 Å². The van der Waals surface area contributed by atoms with Crippen molar-refractivity contribution in [1.82, 2.24) is 5.32 Å². The van der Waals surface area contributed by atoms with E-state index in [1.807, 2.05) is 0 Å². The van der Waals surface area contributed by atoms with E-state index in [2.05, 4.69) is 35.6 Å². The Kier molecular flexibility index (Phi) is 1.97. The van der Waals surface area contributed by atoms with Crippen molar-refractivity contribution in [2.75, 3.05) is 6.54 Å². The molecule has 5 fully saturated rings. The number of fused-ring (bicyclic) bond motifs is 2. The molecule has 0 unspecified atom stereocenters. The van der Waals surface area contributed by atoms with Crippen LogP contribution in [0.1, 0.15) is 18.4 Å². The van der Waals surface area contributed by atoms with Gasteiger partial charge in [0.2, 0.25) is 0 Å². The van der Waals surface area contributed by atoms with Crippen LogP contribution in [-0.2, 0) is 6.54 Å². The summed E-state index contributed by atoms with van der Waals surface area (Å²) in [5.74, 6) is 6.88. The molecule has 1 aromatic carbocycles. The van der Waals surface area contributed by atoms with Gasteiger partial charge in [0.15, 0.2) is 0 Å². The maximum atomic E-state index is 11.5. The van der Waals surface area contributed by atoms with E-state index >= 15 is 0 Å². The Morgan fingerprint density at radius 3 is 2.57 bits per heavy atom. The molecule has 0 amide bonds. The van der Waals surface area contributed by atoms with Crippen molar-refractivity contribution >= 4 is 0 Å². The molecular formula is C19H23NO. The van der Waals surface area contributed by atoms with Crippen molar-refractivity contribution < 1.29 is 5.11 Å². The zero-order valence-corrected chi connectivity index (χ0v) is 12.3. The summed E-state index contributed by atoms with van der Waals surface area (Å²) < 4.78 is 0. The predicted molar refractivity (Wildman–Crippen MR) is 80.3 cm³/mol. The van der Waals surface area contributed by atoms with Gasteiger partial charge < -0.3 is 10.4 Å². The molecule has 0 heterocycles. The van der Waals surface area contributed by atoms with Gasteiger partial charge in [0.05, 0.1) is 5.60 Å². The highest BCUT2D eigenvalue weighted by molar-refractivity contribution is 5.32. The third-order valence-corrected chi connectivity index (χ3v) is 8.10. The summed E-state index contributed by atoms with van der Waals surface area (Å²) in [6.45, 7) is 1.71. The standard InChI is InChI=1S/C19H23NO/c21-19(9-20-8-10-4-2-1-3-5-10)17-12-7-13-15-11(12)6-14(17)16(15)18(13)19/h1-5,11-18,20-21H,6-9H2/t11-,12+,13+,14-,15-,16-,17+,18+,19+/m0/s1. The number of benzene rings is 1. The lowest BCUT2D eigenvalue weighted by atomic mass is 9.56. The Morgan fingerprint density at radius 2 is 1.71 bits per heavy atom. The SMILES string of the molecule is O[C@]1(CNCc2ccccc2)[C@@H]2[C@@H]3C[C@@H]4[C@@H]5[C@H]3C[C@H]2[C@@H]5[C@@H]41. The van der Waals surface area contributed by atoms with Gasteiger partial charge in [-0.2, -0.15) is 0 Å². The largest absolute Gasteiger partial charge is 0.388 e.